The number of nitrogens with one attached hydrogen (secondary N) is 2. The van der Waals surface area contributed by atoms with Crippen LogP contribution < -0.4 is 10.6 Å². The molecule has 3 rings (SSSR count). The third kappa shape index (κ3) is 5.63. The zero-order valence-electron chi connectivity index (χ0n) is 17.5. The van der Waals surface area contributed by atoms with E-state index in [1.165, 1.54) is 31.0 Å². The molecule has 3 atom stereocenters. The van der Waals surface area contributed by atoms with E-state index in [0.29, 0.717) is 28.2 Å². The van der Waals surface area contributed by atoms with Crippen LogP contribution in [0.1, 0.15) is 61.8 Å². The molecule has 1 aromatic heterocycles. The van der Waals surface area contributed by atoms with Crippen molar-refractivity contribution in [1.82, 2.24) is 25.4 Å². The number of carbonyl (C=O) groups is 2. The van der Waals surface area contributed by atoms with Crippen molar-refractivity contribution in [1.29, 1.82) is 0 Å². The number of amides is 2. The van der Waals surface area contributed by atoms with Crippen LogP contribution in [0.5, 0.6) is 0 Å². The lowest BCUT2D eigenvalue weighted by Gasteiger charge is -2.29. The number of hydrogen-bond acceptors (Lipinski definition) is 5. The summed E-state index contributed by atoms with van der Waals surface area (Å²) < 4.78 is 2.56. The lowest BCUT2D eigenvalue weighted by atomic mass is 9.86. The Balaban J connectivity index is 1.55. The van der Waals surface area contributed by atoms with E-state index >= 15 is 0 Å². The van der Waals surface area contributed by atoms with Gasteiger partial charge in [0.1, 0.15) is 0 Å². The van der Waals surface area contributed by atoms with Crippen LogP contribution in [0.3, 0.4) is 0 Å². The molecule has 0 saturated heterocycles. The van der Waals surface area contributed by atoms with Crippen molar-refractivity contribution >= 4 is 39.5 Å². The SMILES string of the molecule is CC(NC(=O)c1ccccc1Br)c1nnc(SCC(=O)NC2CCCCC2C)n1C. The number of thioether (sulfide) groups is 1. The predicted molar refractivity (Wildman–Crippen MR) is 121 cm³/mol. The fourth-order valence-corrected chi connectivity index (χ4v) is 4.92. The maximum absolute atomic E-state index is 12.5. The van der Waals surface area contributed by atoms with Gasteiger partial charge in [-0.3, -0.25) is 9.59 Å². The summed E-state index contributed by atoms with van der Waals surface area (Å²) in [7, 11) is 1.85. The zero-order valence-corrected chi connectivity index (χ0v) is 19.9. The van der Waals surface area contributed by atoms with Gasteiger partial charge < -0.3 is 15.2 Å². The second-order valence-corrected chi connectivity index (χ2v) is 9.60. The number of rotatable bonds is 7. The van der Waals surface area contributed by atoms with E-state index in [2.05, 4.69) is 43.7 Å². The molecule has 0 bridgehead atoms. The topological polar surface area (TPSA) is 88.9 Å². The summed E-state index contributed by atoms with van der Waals surface area (Å²) in [6.07, 6.45) is 4.66. The van der Waals surface area contributed by atoms with Crippen molar-refractivity contribution in [2.75, 3.05) is 5.75 Å². The average Bonchev–Trinajstić information content (AvgIpc) is 3.09. The molecule has 0 radical (unpaired) electrons. The molecule has 2 aromatic rings. The Bertz CT molecular complexity index is 903. The summed E-state index contributed by atoms with van der Waals surface area (Å²) in [5, 5.41) is 15.2. The van der Waals surface area contributed by atoms with Crippen molar-refractivity contribution in [3.63, 3.8) is 0 Å². The third-order valence-electron chi connectivity index (χ3n) is 5.51. The van der Waals surface area contributed by atoms with E-state index in [1.807, 2.05) is 36.7 Å². The highest BCUT2D eigenvalue weighted by molar-refractivity contribution is 9.10. The van der Waals surface area contributed by atoms with Crippen LogP contribution in [0, 0.1) is 5.92 Å². The van der Waals surface area contributed by atoms with E-state index in [4.69, 9.17) is 0 Å². The summed E-state index contributed by atoms with van der Waals surface area (Å²) in [6.45, 7) is 4.07. The van der Waals surface area contributed by atoms with Crippen LogP contribution in [0.25, 0.3) is 0 Å². The first-order chi connectivity index (χ1) is 14.4. The van der Waals surface area contributed by atoms with Gasteiger partial charge in [-0.1, -0.05) is 43.7 Å². The Labute approximate surface area is 189 Å². The van der Waals surface area contributed by atoms with Crippen LogP contribution in [-0.2, 0) is 11.8 Å². The number of benzene rings is 1. The van der Waals surface area contributed by atoms with Gasteiger partial charge in [-0.15, -0.1) is 10.2 Å². The highest BCUT2D eigenvalue weighted by atomic mass is 79.9. The molecular formula is C21H28BrN5O2S. The van der Waals surface area contributed by atoms with Gasteiger partial charge in [0.25, 0.3) is 5.91 Å². The predicted octanol–water partition coefficient (Wildman–Crippen LogP) is 3.86. The van der Waals surface area contributed by atoms with Gasteiger partial charge in [0, 0.05) is 17.6 Å². The Morgan fingerprint density at radius 1 is 1.27 bits per heavy atom. The number of hydrogen-bond donors (Lipinski definition) is 2. The molecule has 3 unspecified atom stereocenters. The lowest BCUT2D eigenvalue weighted by molar-refractivity contribution is -0.119. The molecule has 2 amide bonds. The first kappa shape index (κ1) is 22.8. The van der Waals surface area contributed by atoms with Crippen molar-refractivity contribution < 1.29 is 9.59 Å². The Morgan fingerprint density at radius 3 is 2.73 bits per heavy atom. The first-order valence-corrected chi connectivity index (χ1v) is 12.0. The number of aromatic nitrogens is 3. The molecule has 2 N–H and O–H groups in total. The largest absolute Gasteiger partial charge is 0.352 e. The zero-order chi connectivity index (χ0) is 21.7. The maximum atomic E-state index is 12.5. The van der Waals surface area contributed by atoms with Crippen molar-refractivity contribution in [3.8, 4) is 0 Å². The molecule has 1 aliphatic rings. The molecule has 0 spiro atoms. The van der Waals surface area contributed by atoms with Gasteiger partial charge in [-0.25, -0.2) is 0 Å². The molecule has 1 fully saturated rings. The van der Waals surface area contributed by atoms with Gasteiger partial charge >= 0.3 is 0 Å². The normalized spacial score (nSPS) is 19.9. The Hall–Kier alpha value is -1.87. The minimum absolute atomic E-state index is 0.0265. The molecule has 1 saturated carbocycles. The fraction of sp³-hybridized carbons (Fsp3) is 0.524. The summed E-state index contributed by atoms with van der Waals surface area (Å²) in [5.41, 5.74) is 0.565. The number of halogens is 1. The van der Waals surface area contributed by atoms with Crippen LogP contribution in [0.15, 0.2) is 33.9 Å². The van der Waals surface area contributed by atoms with Gasteiger partial charge in [0.05, 0.1) is 17.4 Å². The minimum Gasteiger partial charge on any atom is -0.352 e. The van der Waals surface area contributed by atoms with Gasteiger partial charge in [0.2, 0.25) is 5.91 Å². The molecule has 162 valence electrons. The Morgan fingerprint density at radius 2 is 2.00 bits per heavy atom. The van der Waals surface area contributed by atoms with E-state index in [9.17, 15) is 9.59 Å². The molecule has 1 heterocycles. The van der Waals surface area contributed by atoms with Crippen LogP contribution in [0.2, 0.25) is 0 Å². The van der Waals surface area contributed by atoms with Crippen molar-refractivity contribution in [3.05, 3.63) is 40.1 Å². The molecule has 9 heteroatoms. The maximum Gasteiger partial charge on any atom is 0.253 e. The van der Waals surface area contributed by atoms with Crippen LogP contribution in [0.4, 0.5) is 0 Å². The van der Waals surface area contributed by atoms with E-state index in [1.54, 1.807) is 6.07 Å². The Kier molecular flexibility index (Phi) is 7.93. The molecule has 1 aliphatic carbocycles. The fourth-order valence-electron chi connectivity index (χ4n) is 3.72. The average molecular weight is 494 g/mol. The summed E-state index contributed by atoms with van der Waals surface area (Å²) >= 11 is 4.76. The van der Waals surface area contributed by atoms with Gasteiger partial charge in [-0.2, -0.15) is 0 Å². The molecule has 30 heavy (non-hydrogen) atoms. The number of nitrogens with zero attached hydrogens (tertiary/aromatic N) is 3. The quantitative estimate of drug-likeness (QED) is 0.571. The van der Waals surface area contributed by atoms with E-state index in [0.717, 1.165) is 10.9 Å². The van der Waals surface area contributed by atoms with Crippen LogP contribution >= 0.6 is 27.7 Å². The summed E-state index contributed by atoms with van der Waals surface area (Å²) in [5.74, 6) is 1.31. The van der Waals surface area contributed by atoms with E-state index < -0.39 is 0 Å². The summed E-state index contributed by atoms with van der Waals surface area (Å²) in [6, 6.07) is 7.22. The summed E-state index contributed by atoms with van der Waals surface area (Å²) in [4.78, 5) is 24.9. The smallest absolute Gasteiger partial charge is 0.253 e. The lowest BCUT2D eigenvalue weighted by Crippen LogP contribution is -2.41. The molecule has 0 aliphatic heterocycles. The molecule has 7 nitrogen and oxygen atoms in total. The van der Waals surface area contributed by atoms with Gasteiger partial charge in [-0.05, 0) is 53.7 Å². The van der Waals surface area contributed by atoms with Crippen molar-refractivity contribution in [2.24, 2.45) is 13.0 Å². The first-order valence-electron chi connectivity index (χ1n) is 10.2. The monoisotopic (exact) mass is 493 g/mol. The highest BCUT2D eigenvalue weighted by Gasteiger charge is 2.24. The third-order valence-corrected chi connectivity index (χ3v) is 7.22. The number of carbonyl (C=O) groups excluding carboxylic acids is 2. The molecule has 1 aromatic carbocycles. The van der Waals surface area contributed by atoms with Crippen molar-refractivity contribution in [2.45, 2.75) is 56.8 Å². The highest BCUT2D eigenvalue weighted by Crippen LogP contribution is 2.24. The standard InChI is InChI=1S/C21H28BrN5O2S/c1-13-8-4-7-11-17(13)24-18(28)12-30-21-26-25-19(27(21)3)14(2)23-20(29)15-9-5-6-10-16(15)22/h5-6,9-10,13-14,17H,4,7-8,11-12H2,1-3H3,(H,23,29)(H,24,28). The van der Waals surface area contributed by atoms with E-state index in [-0.39, 0.29) is 23.9 Å². The molecular weight excluding hydrogens is 466 g/mol. The second kappa shape index (κ2) is 10.4. The second-order valence-electron chi connectivity index (χ2n) is 7.80. The van der Waals surface area contributed by atoms with Gasteiger partial charge in [0.15, 0.2) is 11.0 Å². The minimum atomic E-state index is -0.326. The van der Waals surface area contributed by atoms with Crippen LogP contribution in [-0.4, -0.2) is 38.4 Å².